The lowest BCUT2D eigenvalue weighted by atomic mass is 10.00. The first kappa shape index (κ1) is 20.2. The largest absolute Gasteiger partial charge is 0.451 e. The molecule has 2 N–H and O–H groups in total. The summed E-state index contributed by atoms with van der Waals surface area (Å²) in [5.41, 5.74) is 2.40. The van der Waals surface area contributed by atoms with Gasteiger partial charge in [-0.25, -0.2) is 0 Å². The van der Waals surface area contributed by atoms with Crippen LogP contribution in [-0.2, 0) is 0 Å². The topological polar surface area (TPSA) is 62.5 Å². The van der Waals surface area contributed by atoms with Crippen LogP contribution in [0.3, 0.4) is 0 Å². The molecule has 150 valence electrons. The van der Waals surface area contributed by atoms with Gasteiger partial charge in [0.15, 0.2) is 5.76 Å². The Morgan fingerprint density at radius 3 is 2.40 bits per heavy atom. The van der Waals surface area contributed by atoms with Crippen molar-refractivity contribution in [3.05, 3.63) is 112 Å². The summed E-state index contributed by atoms with van der Waals surface area (Å²) in [6.07, 6.45) is -0.946. The lowest BCUT2D eigenvalue weighted by molar-refractivity contribution is 0.0997. The molecule has 0 unspecified atom stereocenters. The van der Waals surface area contributed by atoms with Gasteiger partial charge in [0.25, 0.3) is 5.91 Å². The molecule has 4 nitrogen and oxygen atoms in total. The van der Waals surface area contributed by atoms with E-state index >= 15 is 0 Å². The molecule has 1 heterocycles. The van der Waals surface area contributed by atoms with Crippen LogP contribution in [-0.4, -0.2) is 11.0 Å². The van der Waals surface area contributed by atoms with Crippen LogP contribution in [0.5, 0.6) is 0 Å². The van der Waals surface area contributed by atoms with E-state index in [2.05, 4.69) is 5.32 Å². The summed E-state index contributed by atoms with van der Waals surface area (Å²) in [6, 6.07) is 24.6. The van der Waals surface area contributed by atoms with Crippen molar-refractivity contribution in [2.75, 3.05) is 5.32 Å². The fraction of sp³-hybridized carbons (Fsp3) is 0.0417. The summed E-state index contributed by atoms with van der Waals surface area (Å²) in [5, 5.41) is 14.7. The minimum absolute atomic E-state index is 0.139. The second-order valence-electron chi connectivity index (χ2n) is 6.67. The van der Waals surface area contributed by atoms with Crippen molar-refractivity contribution < 1.29 is 14.3 Å². The number of carbonyl (C=O) groups excluding carboxylic acids is 1. The maximum absolute atomic E-state index is 12.8. The van der Waals surface area contributed by atoms with E-state index in [-0.39, 0.29) is 5.76 Å². The van der Waals surface area contributed by atoms with Crippen molar-refractivity contribution in [3.8, 4) is 11.3 Å². The fourth-order valence-electron chi connectivity index (χ4n) is 3.13. The van der Waals surface area contributed by atoms with Crippen molar-refractivity contribution in [2.45, 2.75) is 6.10 Å². The second-order valence-corrected chi connectivity index (χ2v) is 7.55. The van der Waals surface area contributed by atoms with Crippen molar-refractivity contribution in [1.82, 2.24) is 0 Å². The van der Waals surface area contributed by atoms with Crippen LogP contribution in [0, 0.1) is 0 Å². The third kappa shape index (κ3) is 4.41. The Bertz CT molecular complexity index is 1190. The van der Waals surface area contributed by atoms with Gasteiger partial charge in [-0.15, -0.1) is 0 Å². The van der Waals surface area contributed by atoms with Gasteiger partial charge in [-0.3, -0.25) is 4.79 Å². The van der Waals surface area contributed by atoms with Crippen molar-refractivity contribution in [3.63, 3.8) is 0 Å². The van der Waals surface area contributed by atoms with E-state index in [1.54, 1.807) is 54.6 Å². The number of halogens is 2. The predicted molar refractivity (Wildman–Crippen MR) is 119 cm³/mol. The zero-order chi connectivity index (χ0) is 21.1. The van der Waals surface area contributed by atoms with E-state index in [0.717, 1.165) is 5.56 Å². The van der Waals surface area contributed by atoms with Crippen LogP contribution in [0.15, 0.2) is 89.3 Å². The summed E-state index contributed by atoms with van der Waals surface area (Å²) in [7, 11) is 0. The SMILES string of the molecule is O=C(Nc1ccc(Cl)cc1[C@@H](O)c1ccccc1)c1ccc(-c2cccc(Cl)c2)o1. The average molecular weight is 438 g/mol. The van der Waals surface area contributed by atoms with Gasteiger partial charge in [-0.2, -0.15) is 0 Å². The summed E-state index contributed by atoms with van der Waals surface area (Å²) in [5.74, 6) is 0.232. The predicted octanol–water partition coefficient (Wildman–Crippen LogP) is 6.59. The molecule has 0 saturated carbocycles. The maximum Gasteiger partial charge on any atom is 0.291 e. The molecule has 0 bridgehead atoms. The number of carbonyl (C=O) groups is 1. The summed E-state index contributed by atoms with van der Waals surface area (Å²) < 4.78 is 5.71. The minimum Gasteiger partial charge on any atom is -0.451 e. The number of hydrogen-bond donors (Lipinski definition) is 2. The number of aliphatic hydroxyl groups is 1. The number of nitrogens with one attached hydrogen (secondary N) is 1. The lowest BCUT2D eigenvalue weighted by Crippen LogP contribution is -2.14. The molecule has 0 saturated heterocycles. The molecular formula is C24H17Cl2NO3. The highest BCUT2D eigenvalue weighted by molar-refractivity contribution is 6.31. The monoisotopic (exact) mass is 437 g/mol. The first-order valence-electron chi connectivity index (χ1n) is 9.21. The Morgan fingerprint density at radius 1 is 0.867 bits per heavy atom. The number of amides is 1. The fourth-order valence-corrected chi connectivity index (χ4v) is 3.50. The Kier molecular flexibility index (Phi) is 5.91. The molecule has 30 heavy (non-hydrogen) atoms. The average Bonchev–Trinajstić information content (AvgIpc) is 3.26. The molecule has 0 fully saturated rings. The van der Waals surface area contributed by atoms with Gasteiger partial charge in [0.2, 0.25) is 0 Å². The van der Waals surface area contributed by atoms with Crippen LogP contribution in [0.4, 0.5) is 5.69 Å². The normalized spacial score (nSPS) is 11.8. The number of benzene rings is 3. The quantitative estimate of drug-likeness (QED) is 0.370. The Morgan fingerprint density at radius 2 is 1.63 bits per heavy atom. The summed E-state index contributed by atoms with van der Waals surface area (Å²) in [6.45, 7) is 0. The second kappa shape index (κ2) is 8.76. The van der Waals surface area contributed by atoms with Crippen LogP contribution >= 0.6 is 23.2 Å². The van der Waals surface area contributed by atoms with Gasteiger partial charge in [0.1, 0.15) is 11.9 Å². The van der Waals surface area contributed by atoms with E-state index in [4.69, 9.17) is 27.6 Å². The van der Waals surface area contributed by atoms with Crippen LogP contribution < -0.4 is 5.32 Å². The highest BCUT2D eigenvalue weighted by Gasteiger charge is 2.19. The van der Waals surface area contributed by atoms with Gasteiger partial charge in [0.05, 0.1) is 0 Å². The number of anilines is 1. The molecule has 3 aromatic carbocycles. The molecule has 0 radical (unpaired) electrons. The van der Waals surface area contributed by atoms with E-state index in [1.165, 1.54) is 0 Å². The van der Waals surface area contributed by atoms with Gasteiger partial charge in [-0.05, 0) is 48.0 Å². The molecule has 0 aliphatic carbocycles. The third-order valence-corrected chi connectivity index (χ3v) is 5.08. The van der Waals surface area contributed by atoms with Gasteiger partial charge in [-0.1, -0.05) is 65.7 Å². The molecule has 4 rings (SSSR count). The molecule has 0 aliphatic heterocycles. The first-order chi connectivity index (χ1) is 14.5. The van der Waals surface area contributed by atoms with E-state index in [0.29, 0.717) is 32.6 Å². The van der Waals surface area contributed by atoms with E-state index in [1.807, 2.05) is 30.3 Å². The summed E-state index contributed by atoms with van der Waals surface area (Å²) in [4.78, 5) is 12.8. The van der Waals surface area contributed by atoms with Crippen molar-refractivity contribution >= 4 is 34.8 Å². The third-order valence-electron chi connectivity index (χ3n) is 4.61. The first-order valence-corrected chi connectivity index (χ1v) is 9.96. The van der Waals surface area contributed by atoms with E-state index < -0.39 is 12.0 Å². The van der Waals surface area contributed by atoms with Gasteiger partial charge < -0.3 is 14.8 Å². The lowest BCUT2D eigenvalue weighted by Gasteiger charge is -2.17. The Hall–Kier alpha value is -3.05. The maximum atomic E-state index is 12.8. The molecular weight excluding hydrogens is 421 g/mol. The zero-order valence-electron chi connectivity index (χ0n) is 15.7. The number of aliphatic hydroxyl groups excluding tert-OH is 1. The Labute approximate surface area is 183 Å². The van der Waals surface area contributed by atoms with Crippen LogP contribution in [0.25, 0.3) is 11.3 Å². The molecule has 0 spiro atoms. The molecule has 1 atom stereocenters. The van der Waals surface area contributed by atoms with Crippen LogP contribution in [0.2, 0.25) is 10.0 Å². The van der Waals surface area contributed by atoms with Gasteiger partial charge in [0, 0.05) is 26.9 Å². The Balaban J connectivity index is 1.60. The molecule has 1 amide bonds. The number of rotatable bonds is 5. The van der Waals surface area contributed by atoms with Crippen molar-refractivity contribution in [1.29, 1.82) is 0 Å². The van der Waals surface area contributed by atoms with E-state index in [9.17, 15) is 9.90 Å². The highest BCUT2D eigenvalue weighted by atomic mass is 35.5. The minimum atomic E-state index is -0.946. The molecule has 1 aromatic heterocycles. The zero-order valence-corrected chi connectivity index (χ0v) is 17.2. The number of hydrogen-bond acceptors (Lipinski definition) is 3. The molecule has 0 aliphatic rings. The highest BCUT2D eigenvalue weighted by Crippen LogP contribution is 2.32. The number of furan rings is 1. The molecule has 6 heteroatoms. The summed E-state index contributed by atoms with van der Waals surface area (Å²) >= 11 is 12.2. The van der Waals surface area contributed by atoms with Crippen molar-refractivity contribution in [2.24, 2.45) is 0 Å². The van der Waals surface area contributed by atoms with Crippen LogP contribution in [0.1, 0.15) is 27.8 Å². The van der Waals surface area contributed by atoms with Gasteiger partial charge >= 0.3 is 0 Å². The molecule has 4 aromatic rings. The smallest absolute Gasteiger partial charge is 0.291 e. The standard InChI is InChI=1S/C24H17Cl2NO3/c25-17-8-4-7-16(13-17)21-11-12-22(30-21)24(29)27-20-10-9-18(26)14-19(20)23(28)15-5-2-1-3-6-15/h1-14,23,28H,(H,27,29)/t23-/m0/s1.